The third kappa shape index (κ3) is 1.88. The molecule has 2 nitrogen and oxygen atoms in total. The molecule has 0 radical (unpaired) electrons. The molecule has 1 aromatic heterocycles. The van der Waals surface area contributed by atoms with Crippen molar-refractivity contribution < 1.29 is 0 Å². The highest BCUT2D eigenvalue weighted by atomic mass is 15.1. The van der Waals surface area contributed by atoms with Gasteiger partial charge in [-0.05, 0) is 62.8 Å². The van der Waals surface area contributed by atoms with Crippen molar-refractivity contribution in [3.63, 3.8) is 0 Å². The van der Waals surface area contributed by atoms with E-state index in [4.69, 9.17) is 4.98 Å². The molecule has 0 atom stereocenters. The van der Waals surface area contributed by atoms with Crippen molar-refractivity contribution in [3.8, 4) is 0 Å². The van der Waals surface area contributed by atoms with E-state index in [0.717, 1.165) is 12.8 Å². The van der Waals surface area contributed by atoms with Gasteiger partial charge < -0.3 is 4.57 Å². The Morgan fingerprint density at radius 2 is 1.40 bits per heavy atom. The van der Waals surface area contributed by atoms with E-state index in [2.05, 4.69) is 60.1 Å². The third-order valence-corrected chi connectivity index (χ3v) is 5.59. The highest BCUT2D eigenvalue weighted by Crippen LogP contribution is 2.35. The van der Waals surface area contributed by atoms with E-state index in [1.807, 2.05) is 0 Å². The van der Waals surface area contributed by atoms with Crippen LogP contribution in [0.15, 0.2) is 0 Å². The Kier molecular flexibility index (Phi) is 3.70. The van der Waals surface area contributed by atoms with Gasteiger partial charge in [0.25, 0.3) is 0 Å². The van der Waals surface area contributed by atoms with Crippen molar-refractivity contribution >= 4 is 11.0 Å². The van der Waals surface area contributed by atoms with Gasteiger partial charge in [-0.25, -0.2) is 4.98 Å². The van der Waals surface area contributed by atoms with E-state index >= 15 is 0 Å². The molecule has 0 aliphatic heterocycles. The summed E-state index contributed by atoms with van der Waals surface area (Å²) in [5.41, 5.74) is 8.16. The van der Waals surface area contributed by atoms with Gasteiger partial charge in [0.1, 0.15) is 5.82 Å². The fraction of sp³-hybridized carbons (Fsp3) is 0.611. The molecule has 2 rings (SSSR count). The number of aromatic nitrogens is 2. The first-order valence-electron chi connectivity index (χ1n) is 7.71. The number of nitrogens with zero attached hydrogens (tertiary/aromatic N) is 2. The standard InChI is InChI=1S/C18H28N2/c1-9-18(7,10-2)17-19-15-13(5)11(3)12(4)14(6)16(15)20(17)8/h9-10H2,1-8H3. The molecule has 1 heterocycles. The lowest BCUT2D eigenvalue weighted by atomic mass is 9.84. The molecule has 0 fully saturated rings. The number of fused-ring (bicyclic) bond motifs is 1. The first-order valence-corrected chi connectivity index (χ1v) is 7.71. The third-order valence-electron chi connectivity index (χ3n) is 5.59. The molecule has 0 N–H and O–H groups in total. The topological polar surface area (TPSA) is 17.8 Å². The van der Waals surface area contributed by atoms with Gasteiger partial charge in [0.05, 0.1) is 11.0 Å². The summed E-state index contributed by atoms with van der Waals surface area (Å²) in [5, 5.41) is 0. The molecule has 20 heavy (non-hydrogen) atoms. The normalized spacial score (nSPS) is 12.4. The smallest absolute Gasteiger partial charge is 0.115 e. The molecule has 0 aliphatic carbocycles. The molecular formula is C18H28N2. The van der Waals surface area contributed by atoms with Crippen molar-refractivity contribution in [2.45, 2.75) is 66.7 Å². The highest BCUT2D eigenvalue weighted by molar-refractivity contribution is 5.85. The van der Waals surface area contributed by atoms with Gasteiger partial charge in [-0.1, -0.05) is 20.8 Å². The lowest BCUT2D eigenvalue weighted by Crippen LogP contribution is -2.24. The summed E-state index contributed by atoms with van der Waals surface area (Å²) in [4.78, 5) is 5.05. The van der Waals surface area contributed by atoms with Gasteiger partial charge in [0.2, 0.25) is 0 Å². The Bertz CT molecular complexity index is 658. The van der Waals surface area contributed by atoms with E-state index in [9.17, 15) is 0 Å². The number of imidazole rings is 1. The zero-order valence-corrected chi connectivity index (χ0v) is 14.3. The number of hydrogen-bond donors (Lipinski definition) is 0. The van der Waals surface area contributed by atoms with Crippen LogP contribution >= 0.6 is 0 Å². The number of rotatable bonds is 3. The zero-order valence-electron chi connectivity index (χ0n) is 14.3. The fourth-order valence-corrected chi connectivity index (χ4v) is 3.21. The Morgan fingerprint density at radius 1 is 0.900 bits per heavy atom. The van der Waals surface area contributed by atoms with E-state index in [1.165, 1.54) is 39.1 Å². The molecule has 1 aromatic carbocycles. The summed E-state index contributed by atoms with van der Waals surface area (Å²) < 4.78 is 2.33. The number of hydrogen-bond acceptors (Lipinski definition) is 1. The summed E-state index contributed by atoms with van der Waals surface area (Å²) >= 11 is 0. The summed E-state index contributed by atoms with van der Waals surface area (Å²) in [6, 6.07) is 0. The SMILES string of the molecule is CCC(C)(CC)c1nc2c(C)c(C)c(C)c(C)c2n1C. The van der Waals surface area contributed by atoms with Crippen LogP contribution in [-0.2, 0) is 12.5 Å². The molecule has 0 spiro atoms. The van der Waals surface area contributed by atoms with Gasteiger partial charge in [0, 0.05) is 12.5 Å². The molecule has 0 saturated heterocycles. The minimum Gasteiger partial charge on any atom is -0.330 e. The van der Waals surface area contributed by atoms with Gasteiger partial charge in [-0.3, -0.25) is 0 Å². The molecule has 0 bridgehead atoms. The average Bonchev–Trinajstić information content (AvgIpc) is 2.80. The molecule has 0 aliphatic rings. The second-order valence-corrected chi connectivity index (χ2v) is 6.46. The van der Waals surface area contributed by atoms with Crippen LogP contribution in [0.5, 0.6) is 0 Å². The first-order chi connectivity index (χ1) is 9.28. The van der Waals surface area contributed by atoms with Crippen LogP contribution in [0, 0.1) is 27.7 Å². The summed E-state index contributed by atoms with van der Waals surface area (Å²) in [6.45, 7) is 15.7. The summed E-state index contributed by atoms with van der Waals surface area (Å²) in [5.74, 6) is 1.23. The molecule has 0 saturated carbocycles. The second-order valence-electron chi connectivity index (χ2n) is 6.46. The minimum absolute atomic E-state index is 0.161. The molecular weight excluding hydrogens is 244 g/mol. The van der Waals surface area contributed by atoms with Crippen LogP contribution < -0.4 is 0 Å². The molecule has 110 valence electrons. The Morgan fingerprint density at radius 3 is 1.90 bits per heavy atom. The van der Waals surface area contributed by atoms with Gasteiger partial charge in [0.15, 0.2) is 0 Å². The summed E-state index contributed by atoms with van der Waals surface area (Å²) in [6.07, 6.45) is 2.24. The van der Waals surface area contributed by atoms with Gasteiger partial charge >= 0.3 is 0 Å². The van der Waals surface area contributed by atoms with E-state index in [-0.39, 0.29) is 5.41 Å². The van der Waals surface area contributed by atoms with Gasteiger partial charge in [-0.15, -0.1) is 0 Å². The lowest BCUT2D eigenvalue weighted by Gasteiger charge is -2.26. The van der Waals surface area contributed by atoms with Crippen LogP contribution in [0.4, 0.5) is 0 Å². The first kappa shape index (κ1) is 15.1. The van der Waals surface area contributed by atoms with E-state index < -0.39 is 0 Å². The maximum absolute atomic E-state index is 5.05. The van der Waals surface area contributed by atoms with Gasteiger partial charge in [-0.2, -0.15) is 0 Å². The maximum atomic E-state index is 5.05. The van der Waals surface area contributed by atoms with Crippen molar-refractivity contribution in [2.75, 3.05) is 0 Å². The molecule has 0 unspecified atom stereocenters. The number of benzene rings is 1. The van der Waals surface area contributed by atoms with Crippen LogP contribution in [-0.4, -0.2) is 9.55 Å². The van der Waals surface area contributed by atoms with Crippen LogP contribution in [0.1, 0.15) is 61.7 Å². The van der Waals surface area contributed by atoms with Crippen LogP contribution in [0.25, 0.3) is 11.0 Å². The molecule has 0 amide bonds. The monoisotopic (exact) mass is 272 g/mol. The largest absolute Gasteiger partial charge is 0.330 e. The maximum Gasteiger partial charge on any atom is 0.115 e. The average molecular weight is 272 g/mol. The van der Waals surface area contributed by atoms with Crippen molar-refractivity contribution in [1.29, 1.82) is 0 Å². The molecule has 2 heteroatoms. The van der Waals surface area contributed by atoms with Crippen molar-refractivity contribution in [3.05, 3.63) is 28.1 Å². The second kappa shape index (κ2) is 4.91. The van der Waals surface area contributed by atoms with Crippen LogP contribution in [0.3, 0.4) is 0 Å². The van der Waals surface area contributed by atoms with Crippen molar-refractivity contribution in [2.24, 2.45) is 7.05 Å². The van der Waals surface area contributed by atoms with E-state index in [0.29, 0.717) is 0 Å². The Labute approximate surface area is 123 Å². The lowest BCUT2D eigenvalue weighted by molar-refractivity contribution is 0.402. The quantitative estimate of drug-likeness (QED) is 0.778. The zero-order chi connectivity index (χ0) is 15.2. The predicted molar refractivity (Wildman–Crippen MR) is 87.6 cm³/mol. The summed E-state index contributed by atoms with van der Waals surface area (Å²) in [7, 11) is 2.18. The number of aryl methyl sites for hydroxylation is 3. The van der Waals surface area contributed by atoms with Crippen LogP contribution in [0.2, 0.25) is 0 Å². The van der Waals surface area contributed by atoms with E-state index in [1.54, 1.807) is 0 Å². The predicted octanol–water partition coefficient (Wildman–Crippen LogP) is 4.88. The fourth-order valence-electron chi connectivity index (χ4n) is 3.21. The Balaban J connectivity index is 2.90. The molecule has 2 aromatic rings. The van der Waals surface area contributed by atoms with Crippen molar-refractivity contribution in [1.82, 2.24) is 9.55 Å². The Hall–Kier alpha value is -1.31. The minimum atomic E-state index is 0.161. The highest BCUT2D eigenvalue weighted by Gasteiger charge is 2.29.